The Bertz CT molecular complexity index is 787. The van der Waals surface area contributed by atoms with Crippen molar-refractivity contribution in [2.45, 2.75) is 0 Å². The van der Waals surface area contributed by atoms with Crippen LogP contribution in [0.4, 0.5) is 10.2 Å². The van der Waals surface area contributed by atoms with Crippen LogP contribution in [0.2, 0.25) is 5.02 Å². The summed E-state index contributed by atoms with van der Waals surface area (Å²) >= 11 is 5.94. The van der Waals surface area contributed by atoms with Gasteiger partial charge in [-0.1, -0.05) is 17.7 Å². The first kappa shape index (κ1) is 17.1. The number of aromatic nitrogens is 2. The normalized spacial score (nSPS) is 14.5. The van der Waals surface area contributed by atoms with Gasteiger partial charge in [-0.3, -0.25) is 4.79 Å². The van der Waals surface area contributed by atoms with Crippen LogP contribution in [0.5, 0.6) is 0 Å². The Kier molecular flexibility index (Phi) is 4.80. The first-order valence-corrected chi connectivity index (χ1v) is 7.88. The molecule has 1 saturated heterocycles. The van der Waals surface area contributed by atoms with Gasteiger partial charge in [0.15, 0.2) is 5.69 Å². The van der Waals surface area contributed by atoms with Crippen molar-refractivity contribution in [1.29, 1.82) is 0 Å². The van der Waals surface area contributed by atoms with Gasteiger partial charge in [0.05, 0.1) is 23.0 Å². The number of nitrogens with zero attached hydrogens (tertiary/aromatic N) is 4. The van der Waals surface area contributed by atoms with Crippen LogP contribution in [-0.2, 0) is 0 Å². The molecule has 0 radical (unpaired) electrons. The molecule has 1 fully saturated rings. The zero-order valence-corrected chi connectivity index (χ0v) is 13.8. The summed E-state index contributed by atoms with van der Waals surface area (Å²) in [6.45, 7) is 1.68. The summed E-state index contributed by atoms with van der Waals surface area (Å²) < 4.78 is 13.9. The topological polar surface area (TPSA) is 86.6 Å². The van der Waals surface area contributed by atoms with Crippen molar-refractivity contribution < 1.29 is 19.1 Å². The molecule has 1 aliphatic heterocycles. The maximum Gasteiger partial charge on any atom is 0.356 e. The fraction of sp³-hybridized carbons (Fsp3) is 0.250. The monoisotopic (exact) mass is 364 g/mol. The van der Waals surface area contributed by atoms with E-state index in [0.29, 0.717) is 32.0 Å². The fourth-order valence-electron chi connectivity index (χ4n) is 2.59. The number of anilines is 1. The third kappa shape index (κ3) is 3.53. The highest BCUT2D eigenvalue weighted by atomic mass is 35.5. The van der Waals surface area contributed by atoms with Crippen LogP contribution in [0.1, 0.15) is 20.8 Å². The van der Waals surface area contributed by atoms with Crippen molar-refractivity contribution in [2.75, 3.05) is 31.1 Å². The Hall–Kier alpha value is -2.74. The van der Waals surface area contributed by atoms with E-state index in [1.807, 2.05) is 4.90 Å². The van der Waals surface area contributed by atoms with Crippen LogP contribution in [-0.4, -0.2) is 58.0 Å². The zero-order valence-electron chi connectivity index (χ0n) is 13.0. The number of carboxylic acids is 1. The number of hydrogen-bond acceptors (Lipinski definition) is 5. The van der Waals surface area contributed by atoms with Crippen molar-refractivity contribution in [1.82, 2.24) is 14.9 Å². The third-order valence-corrected chi connectivity index (χ3v) is 4.24. The predicted octanol–water partition coefficient (Wildman–Crippen LogP) is 1.93. The van der Waals surface area contributed by atoms with Gasteiger partial charge in [0.2, 0.25) is 0 Å². The van der Waals surface area contributed by atoms with Gasteiger partial charge >= 0.3 is 5.97 Å². The van der Waals surface area contributed by atoms with E-state index in [1.54, 1.807) is 0 Å². The summed E-state index contributed by atoms with van der Waals surface area (Å²) in [5.74, 6) is -1.71. The zero-order chi connectivity index (χ0) is 18.0. The van der Waals surface area contributed by atoms with Crippen LogP contribution >= 0.6 is 11.6 Å². The molecule has 1 aromatic carbocycles. The molecule has 0 saturated carbocycles. The second-order valence-electron chi connectivity index (χ2n) is 5.44. The minimum atomic E-state index is -1.14. The molecule has 25 heavy (non-hydrogen) atoms. The molecule has 1 aliphatic rings. The number of aromatic carboxylic acids is 1. The lowest BCUT2D eigenvalue weighted by molar-refractivity contribution is 0.0688. The fourth-order valence-corrected chi connectivity index (χ4v) is 2.84. The maximum atomic E-state index is 13.9. The van der Waals surface area contributed by atoms with Gasteiger partial charge in [-0.05, 0) is 12.1 Å². The van der Waals surface area contributed by atoms with E-state index in [9.17, 15) is 14.0 Å². The second-order valence-corrected chi connectivity index (χ2v) is 5.85. The van der Waals surface area contributed by atoms with Gasteiger partial charge in [-0.25, -0.2) is 19.2 Å². The highest BCUT2D eigenvalue weighted by molar-refractivity contribution is 6.33. The molecule has 0 spiro atoms. The summed E-state index contributed by atoms with van der Waals surface area (Å²) in [4.78, 5) is 34.6. The smallest absolute Gasteiger partial charge is 0.356 e. The van der Waals surface area contributed by atoms with E-state index in [0.717, 1.165) is 0 Å². The van der Waals surface area contributed by atoms with Crippen molar-refractivity contribution in [3.63, 3.8) is 0 Å². The summed E-state index contributed by atoms with van der Waals surface area (Å²) in [6.07, 6.45) is 2.57. The highest BCUT2D eigenvalue weighted by Crippen LogP contribution is 2.22. The van der Waals surface area contributed by atoms with E-state index < -0.39 is 17.7 Å². The number of carbonyl (C=O) groups is 2. The molecule has 0 atom stereocenters. The Morgan fingerprint density at radius 1 is 1.12 bits per heavy atom. The Balaban J connectivity index is 1.67. The molecule has 0 aliphatic carbocycles. The minimum absolute atomic E-state index is 0.0857. The first-order chi connectivity index (χ1) is 12.0. The van der Waals surface area contributed by atoms with Crippen LogP contribution in [0.25, 0.3) is 0 Å². The molecule has 9 heteroatoms. The van der Waals surface area contributed by atoms with Gasteiger partial charge in [-0.2, -0.15) is 0 Å². The van der Waals surface area contributed by atoms with E-state index in [2.05, 4.69) is 9.97 Å². The summed E-state index contributed by atoms with van der Waals surface area (Å²) in [5.41, 5.74) is -0.255. The number of carboxylic acid groups (broad SMARTS) is 1. The van der Waals surface area contributed by atoms with E-state index in [1.165, 1.54) is 35.5 Å². The van der Waals surface area contributed by atoms with Crippen molar-refractivity contribution in [2.24, 2.45) is 0 Å². The number of benzene rings is 1. The van der Waals surface area contributed by atoms with Crippen LogP contribution < -0.4 is 4.90 Å². The number of piperazine rings is 1. The average molecular weight is 365 g/mol. The third-order valence-electron chi connectivity index (χ3n) is 3.92. The molecule has 7 nitrogen and oxygen atoms in total. The quantitative estimate of drug-likeness (QED) is 0.895. The lowest BCUT2D eigenvalue weighted by Gasteiger charge is -2.35. The van der Waals surface area contributed by atoms with Crippen LogP contribution in [0.15, 0.2) is 30.6 Å². The van der Waals surface area contributed by atoms with Gasteiger partial charge in [0, 0.05) is 26.2 Å². The SMILES string of the molecule is O=C(O)c1cnc(N2CCN(C(=O)c3c(F)cccc3Cl)CC2)cn1. The van der Waals surface area contributed by atoms with Gasteiger partial charge in [0.1, 0.15) is 11.6 Å². The highest BCUT2D eigenvalue weighted by Gasteiger charge is 2.26. The van der Waals surface area contributed by atoms with E-state index in [-0.39, 0.29) is 16.3 Å². The molecule has 0 unspecified atom stereocenters. The number of amides is 1. The molecule has 2 heterocycles. The molecule has 1 aromatic heterocycles. The van der Waals surface area contributed by atoms with Gasteiger partial charge in [0.25, 0.3) is 5.91 Å². The van der Waals surface area contributed by atoms with Gasteiger partial charge in [-0.15, -0.1) is 0 Å². The summed E-state index contributed by atoms with van der Waals surface area (Å²) in [6, 6.07) is 4.13. The molecular formula is C16H14ClFN4O3. The van der Waals surface area contributed by atoms with Crippen LogP contribution in [0.3, 0.4) is 0 Å². The van der Waals surface area contributed by atoms with Crippen molar-refractivity contribution >= 4 is 29.3 Å². The standard InChI is InChI=1S/C16H14ClFN4O3/c17-10-2-1-3-11(18)14(10)15(23)22-6-4-21(5-7-22)13-9-19-12(8-20-13)16(24)25/h1-3,8-9H,4-7H2,(H,24,25). The molecule has 2 aromatic rings. The molecule has 3 rings (SSSR count). The Morgan fingerprint density at radius 3 is 2.40 bits per heavy atom. The van der Waals surface area contributed by atoms with Crippen molar-refractivity contribution in [3.8, 4) is 0 Å². The Morgan fingerprint density at radius 2 is 1.84 bits per heavy atom. The number of carbonyl (C=O) groups excluding carboxylic acids is 1. The number of halogens is 2. The van der Waals surface area contributed by atoms with E-state index >= 15 is 0 Å². The van der Waals surface area contributed by atoms with E-state index in [4.69, 9.17) is 16.7 Å². The van der Waals surface area contributed by atoms with Crippen molar-refractivity contribution in [3.05, 3.63) is 52.7 Å². The summed E-state index contributed by atoms with van der Waals surface area (Å²) in [5, 5.41) is 8.92. The predicted molar refractivity (Wildman–Crippen MR) is 88.5 cm³/mol. The van der Waals surface area contributed by atoms with Crippen LogP contribution in [0, 0.1) is 5.82 Å². The average Bonchev–Trinajstić information content (AvgIpc) is 2.61. The number of hydrogen-bond donors (Lipinski definition) is 1. The Labute approximate surface area is 147 Å². The lowest BCUT2D eigenvalue weighted by Crippen LogP contribution is -2.49. The minimum Gasteiger partial charge on any atom is -0.476 e. The first-order valence-electron chi connectivity index (χ1n) is 7.51. The summed E-state index contributed by atoms with van der Waals surface area (Å²) in [7, 11) is 0. The molecular weight excluding hydrogens is 351 g/mol. The molecule has 1 amide bonds. The lowest BCUT2D eigenvalue weighted by atomic mass is 10.1. The molecule has 1 N–H and O–H groups in total. The number of rotatable bonds is 3. The maximum absolute atomic E-state index is 13.9. The molecule has 130 valence electrons. The molecule has 0 bridgehead atoms. The second kappa shape index (κ2) is 7.02. The largest absolute Gasteiger partial charge is 0.476 e. The van der Waals surface area contributed by atoms with Gasteiger partial charge < -0.3 is 14.9 Å².